The quantitative estimate of drug-likeness (QED) is 0.885. The maximum absolute atomic E-state index is 10.6. The Balaban J connectivity index is 2.23. The summed E-state index contributed by atoms with van der Waals surface area (Å²) in [7, 11) is 0. The van der Waals surface area contributed by atoms with E-state index in [4.69, 9.17) is 0 Å². The highest BCUT2D eigenvalue weighted by molar-refractivity contribution is 8.07. The summed E-state index contributed by atoms with van der Waals surface area (Å²) in [5.74, 6) is 2.36. The highest BCUT2D eigenvalue weighted by atomic mass is 32.2. The van der Waals surface area contributed by atoms with E-state index >= 15 is 0 Å². The van der Waals surface area contributed by atoms with Crippen LogP contribution < -0.4 is 0 Å². The number of hydrogen-bond donors (Lipinski definition) is 1. The van der Waals surface area contributed by atoms with Crippen LogP contribution >= 0.6 is 23.5 Å². The molecule has 1 aliphatic rings. The van der Waals surface area contributed by atoms with Gasteiger partial charge in [-0.15, -0.1) is 0 Å². The van der Waals surface area contributed by atoms with Crippen LogP contribution in [-0.2, 0) is 0 Å². The van der Waals surface area contributed by atoms with Crippen molar-refractivity contribution >= 4 is 23.5 Å². The average molecular weight is 268 g/mol. The second-order valence-corrected chi connectivity index (χ2v) is 7.49. The first-order valence-electron chi connectivity index (χ1n) is 6.08. The van der Waals surface area contributed by atoms with Gasteiger partial charge in [-0.25, -0.2) is 0 Å². The van der Waals surface area contributed by atoms with Crippen molar-refractivity contribution in [2.45, 2.75) is 37.4 Å². The molecule has 3 heteroatoms. The second kappa shape index (κ2) is 5.68. The lowest BCUT2D eigenvalue weighted by Crippen LogP contribution is -2.29. The van der Waals surface area contributed by atoms with E-state index in [0.29, 0.717) is 10.5 Å². The topological polar surface area (TPSA) is 20.2 Å². The predicted molar refractivity (Wildman–Crippen MR) is 79.0 cm³/mol. The van der Waals surface area contributed by atoms with E-state index in [-0.39, 0.29) is 6.10 Å². The summed E-state index contributed by atoms with van der Waals surface area (Å²) >= 11 is 3.90. The molecule has 0 saturated carbocycles. The van der Waals surface area contributed by atoms with E-state index in [0.717, 1.165) is 11.3 Å². The standard InChI is InChI=1S/C14H20OS2/c1-9-4-5-10(2)12(8-9)13(15)14-11(3)16-6-7-17-14/h4-5,8,11,13-15H,6-7H2,1-3H3. The van der Waals surface area contributed by atoms with Gasteiger partial charge in [0, 0.05) is 22.0 Å². The first-order chi connectivity index (χ1) is 8.09. The average Bonchev–Trinajstić information content (AvgIpc) is 2.32. The van der Waals surface area contributed by atoms with Gasteiger partial charge in [0.2, 0.25) is 0 Å². The molecule has 1 aromatic carbocycles. The van der Waals surface area contributed by atoms with Crippen molar-refractivity contribution in [3.8, 4) is 0 Å². The summed E-state index contributed by atoms with van der Waals surface area (Å²) in [4.78, 5) is 0. The number of aryl methyl sites for hydroxylation is 2. The van der Waals surface area contributed by atoms with E-state index in [1.54, 1.807) is 0 Å². The Labute approximate surface area is 112 Å². The molecule has 1 heterocycles. The summed E-state index contributed by atoms with van der Waals surface area (Å²) < 4.78 is 0. The summed E-state index contributed by atoms with van der Waals surface area (Å²) in [5, 5.41) is 11.4. The zero-order chi connectivity index (χ0) is 12.4. The Morgan fingerprint density at radius 3 is 2.65 bits per heavy atom. The Bertz CT molecular complexity index is 392. The van der Waals surface area contributed by atoms with Gasteiger partial charge in [-0.3, -0.25) is 0 Å². The summed E-state index contributed by atoms with van der Waals surface area (Å²) in [6.45, 7) is 6.40. The van der Waals surface area contributed by atoms with Crippen LogP contribution in [0.25, 0.3) is 0 Å². The molecule has 1 aromatic rings. The zero-order valence-electron chi connectivity index (χ0n) is 10.6. The van der Waals surface area contributed by atoms with Crippen LogP contribution in [0.4, 0.5) is 0 Å². The minimum atomic E-state index is -0.331. The molecule has 0 bridgehead atoms. The van der Waals surface area contributed by atoms with Crippen LogP contribution in [0.3, 0.4) is 0 Å². The Kier molecular flexibility index (Phi) is 4.45. The smallest absolute Gasteiger partial charge is 0.0921 e. The Morgan fingerprint density at radius 1 is 1.24 bits per heavy atom. The first kappa shape index (κ1) is 13.3. The molecule has 17 heavy (non-hydrogen) atoms. The molecule has 3 atom stereocenters. The molecule has 0 spiro atoms. The van der Waals surface area contributed by atoms with Gasteiger partial charge in [0.05, 0.1) is 6.10 Å². The van der Waals surface area contributed by atoms with Gasteiger partial charge in [0.1, 0.15) is 0 Å². The van der Waals surface area contributed by atoms with Crippen LogP contribution in [0.1, 0.15) is 29.7 Å². The number of aliphatic hydroxyl groups excluding tert-OH is 1. The lowest BCUT2D eigenvalue weighted by Gasteiger charge is -2.32. The maximum Gasteiger partial charge on any atom is 0.0921 e. The third-order valence-electron chi connectivity index (χ3n) is 3.30. The molecule has 1 fully saturated rings. The lowest BCUT2D eigenvalue weighted by molar-refractivity contribution is 0.173. The van der Waals surface area contributed by atoms with Gasteiger partial charge < -0.3 is 5.11 Å². The van der Waals surface area contributed by atoms with Crippen molar-refractivity contribution in [3.63, 3.8) is 0 Å². The van der Waals surface area contributed by atoms with Gasteiger partial charge in [0.15, 0.2) is 0 Å². The van der Waals surface area contributed by atoms with Crippen molar-refractivity contribution in [1.82, 2.24) is 0 Å². The van der Waals surface area contributed by atoms with Gasteiger partial charge >= 0.3 is 0 Å². The highest BCUT2D eigenvalue weighted by Gasteiger charge is 2.30. The largest absolute Gasteiger partial charge is 0.387 e. The highest BCUT2D eigenvalue weighted by Crippen LogP contribution is 2.39. The van der Waals surface area contributed by atoms with Crippen LogP contribution in [-0.4, -0.2) is 27.1 Å². The van der Waals surface area contributed by atoms with Crippen LogP contribution in [0.15, 0.2) is 18.2 Å². The summed E-state index contributed by atoms with van der Waals surface area (Å²) in [5.41, 5.74) is 3.54. The van der Waals surface area contributed by atoms with Crippen LogP contribution in [0.5, 0.6) is 0 Å². The minimum Gasteiger partial charge on any atom is -0.387 e. The van der Waals surface area contributed by atoms with E-state index in [9.17, 15) is 5.11 Å². The van der Waals surface area contributed by atoms with Crippen molar-refractivity contribution in [1.29, 1.82) is 0 Å². The molecule has 0 radical (unpaired) electrons. The van der Waals surface area contributed by atoms with Crippen molar-refractivity contribution in [3.05, 3.63) is 34.9 Å². The summed E-state index contributed by atoms with van der Waals surface area (Å²) in [6, 6.07) is 6.35. The fourth-order valence-corrected chi connectivity index (χ4v) is 5.08. The SMILES string of the molecule is Cc1ccc(C)c(C(O)C2SCCSC2C)c1. The van der Waals surface area contributed by atoms with Crippen LogP contribution in [0, 0.1) is 13.8 Å². The van der Waals surface area contributed by atoms with Gasteiger partial charge in [-0.1, -0.05) is 30.7 Å². The maximum atomic E-state index is 10.6. The molecular formula is C14H20OS2. The number of aliphatic hydroxyl groups is 1. The third-order valence-corrected chi connectivity index (χ3v) is 6.48. The Hall–Kier alpha value is -0.120. The lowest BCUT2D eigenvalue weighted by atomic mass is 9.98. The Morgan fingerprint density at radius 2 is 1.94 bits per heavy atom. The van der Waals surface area contributed by atoms with Gasteiger partial charge in [0.25, 0.3) is 0 Å². The van der Waals surface area contributed by atoms with E-state index in [1.165, 1.54) is 16.9 Å². The fraction of sp³-hybridized carbons (Fsp3) is 0.571. The minimum absolute atomic E-state index is 0.328. The normalized spacial score (nSPS) is 26.8. The number of thioether (sulfide) groups is 2. The summed E-state index contributed by atoms with van der Waals surface area (Å²) in [6.07, 6.45) is -0.331. The van der Waals surface area contributed by atoms with Gasteiger partial charge in [-0.05, 0) is 25.0 Å². The molecule has 1 N–H and O–H groups in total. The number of hydrogen-bond acceptors (Lipinski definition) is 3. The van der Waals surface area contributed by atoms with Crippen molar-refractivity contribution in [2.24, 2.45) is 0 Å². The van der Waals surface area contributed by atoms with E-state index in [2.05, 4.69) is 39.0 Å². The van der Waals surface area contributed by atoms with Crippen molar-refractivity contribution < 1.29 is 5.11 Å². The van der Waals surface area contributed by atoms with Crippen molar-refractivity contribution in [2.75, 3.05) is 11.5 Å². The molecule has 94 valence electrons. The molecule has 3 unspecified atom stereocenters. The molecule has 1 aliphatic heterocycles. The molecule has 1 nitrogen and oxygen atoms in total. The first-order valence-corrected chi connectivity index (χ1v) is 8.18. The second-order valence-electron chi connectivity index (χ2n) is 4.72. The predicted octanol–water partition coefficient (Wildman–Crippen LogP) is 3.57. The molecule has 0 aromatic heterocycles. The van der Waals surface area contributed by atoms with Gasteiger partial charge in [-0.2, -0.15) is 23.5 Å². The number of benzene rings is 1. The van der Waals surface area contributed by atoms with Crippen LogP contribution in [0.2, 0.25) is 0 Å². The molecule has 2 rings (SSSR count). The number of rotatable bonds is 2. The fourth-order valence-electron chi connectivity index (χ4n) is 2.25. The zero-order valence-corrected chi connectivity index (χ0v) is 12.3. The monoisotopic (exact) mass is 268 g/mol. The molecule has 0 amide bonds. The molecule has 1 saturated heterocycles. The molecule has 0 aliphatic carbocycles. The third kappa shape index (κ3) is 3.01. The van der Waals surface area contributed by atoms with E-state index < -0.39 is 0 Å². The van der Waals surface area contributed by atoms with E-state index in [1.807, 2.05) is 23.5 Å². The molecular weight excluding hydrogens is 248 g/mol.